The molecule has 4 N–H and O–H groups in total. The molecule has 0 aliphatic carbocycles. The monoisotopic (exact) mass is 179 g/mol. The second-order valence-corrected chi connectivity index (χ2v) is 2.38. The average Bonchev–Trinajstić information content (AvgIpc) is 2.00. The van der Waals surface area contributed by atoms with E-state index in [2.05, 4.69) is 0 Å². The Hall–Kier alpha value is -0.690. The molecule has 72 valence electrons. The molecule has 0 aromatic heterocycles. The molecule has 0 aromatic carbocycles. The third-order valence-electron chi connectivity index (χ3n) is 1.35. The van der Waals surface area contributed by atoms with Crippen LogP contribution >= 0.6 is 0 Å². The predicted molar refractivity (Wildman–Crippen MR) is 34.7 cm³/mol. The number of aliphatic hydroxyl groups is 4. The number of carbonyl (C=O) groups is 1. The molecule has 6 heteroatoms. The number of aliphatic carboxylic acids is 1. The van der Waals surface area contributed by atoms with Crippen LogP contribution in [0.5, 0.6) is 0 Å². The smallest absolute Gasteiger partial charge is 0.108 e. The third-order valence-corrected chi connectivity index (χ3v) is 1.35. The van der Waals surface area contributed by atoms with Crippen LogP contribution in [0.4, 0.5) is 0 Å². The fourth-order valence-electron chi connectivity index (χ4n) is 0.656. The number of hydrogen-bond donors (Lipinski definition) is 4. The van der Waals surface area contributed by atoms with Crippen LogP contribution in [-0.2, 0) is 4.79 Å². The van der Waals surface area contributed by atoms with Crippen molar-refractivity contribution < 1.29 is 30.3 Å². The second kappa shape index (κ2) is 5.04. The van der Waals surface area contributed by atoms with Gasteiger partial charge in [0.1, 0.15) is 12.2 Å². The molecule has 0 spiro atoms. The van der Waals surface area contributed by atoms with E-state index in [0.29, 0.717) is 0 Å². The van der Waals surface area contributed by atoms with Gasteiger partial charge in [-0.2, -0.15) is 0 Å². The van der Waals surface area contributed by atoms with Crippen LogP contribution in [0.15, 0.2) is 0 Å². The van der Waals surface area contributed by atoms with Crippen molar-refractivity contribution in [1.82, 2.24) is 0 Å². The van der Waals surface area contributed by atoms with E-state index in [1.165, 1.54) is 0 Å². The van der Waals surface area contributed by atoms with Crippen LogP contribution in [0, 0.1) is 0 Å². The lowest BCUT2D eigenvalue weighted by Crippen LogP contribution is -2.42. The quantitative estimate of drug-likeness (QED) is 0.343. The lowest BCUT2D eigenvalue weighted by atomic mass is 10.1. The van der Waals surface area contributed by atoms with Crippen molar-refractivity contribution in [3.63, 3.8) is 0 Å². The lowest BCUT2D eigenvalue weighted by Gasteiger charge is -2.21. The number of carboxylic acid groups (broad SMARTS) is 1. The normalized spacial score (nSPS) is 18.3. The van der Waals surface area contributed by atoms with E-state index in [-0.39, 0.29) is 0 Å². The molecule has 0 unspecified atom stereocenters. The molecule has 3 atom stereocenters. The van der Waals surface area contributed by atoms with Gasteiger partial charge < -0.3 is 30.3 Å². The lowest BCUT2D eigenvalue weighted by molar-refractivity contribution is -0.308. The van der Waals surface area contributed by atoms with Gasteiger partial charge >= 0.3 is 0 Å². The Morgan fingerprint density at radius 2 is 1.75 bits per heavy atom. The topological polar surface area (TPSA) is 121 Å². The zero-order valence-corrected chi connectivity index (χ0v) is 6.25. The molecule has 12 heavy (non-hydrogen) atoms. The molecular weight excluding hydrogens is 168 g/mol. The summed E-state index contributed by atoms with van der Waals surface area (Å²) in [5.74, 6) is -1.54. The molecule has 0 rings (SSSR count). The number of rotatable bonds is 5. The second-order valence-electron chi connectivity index (χ2n) is 2.38. The molecule has 0 aliphatic rings. The molecule has 0 saturated heterocycles. The summed E-state index contributed by atoms with van der Waals surface area (Å²) in [4.78, 5) is 9.90. The molecule has 0 heterocycles. The van der Waals surface area contributed by atoms with Crippen molar-refractivity contribution in [2.45, 2.75) is 24.7 Å². The molecule has 0 amide bonds. The standard InChI is InChI=1S/C6H12O6/c7-2-4(9)6(12)3(8)1-5(10)11/h3-4,6-9,12H,1-2H2,(H,10,11)/p-1/t3-,4-,6+/m1/s1. The largest absolute Gasteiger partial charge is 0.550 e. The van der Waals surface area contributed by atoms with Gasteiger partial charge in [-0.15, -0.1) is 0 Å². The maximum atomic E-state index is 9.90. The highest BCUT2D eigenvalue weighted by molar-refractivity contribution is 5.64. The first-order chi connectivity index (χ1) is 5.49. The fourth-order valence-corrected chi connectivity index (χ4v) is 0.656. The molecule has 0 saturated carbocycles. The molecule has 6 nitrogen and oxygen atoms in total. The summed E-state index contributed by atoms with van der Waals surface area (Å²) < 4.78 is 0. The fraction of sp³-hybridized carbons (Fsp3) is 0.833. The third kappa shape index (κ3) is 3.63. The van der Waals surface area contributed by atoms with Gasteiger partial charge in [0.25, 0.3) is 0 Å². The SMILES string of the molecule is O=C([O-])C[C@@H](O)[C@H](O)[C@H](O)CO. The highest BCUT2D eigenvalue weighted by atomic mass is 16.4. The molecule has 0 aliphatic heterocycles. The summed E-state index contributed by atoms with van der Waals surface area (Å²) in [6.45, 7) is -0.745. The van der Waals surface area contributed by atoms with Gasteiger partial charge in [-0.25, -0.2) is 0 Å². The van der Waals surface area contributed by atoms with Crippen LogP contribution < -0.4 is 5.11 Å². The van der Waals surface area contributed by atoms with Crippen LogP contribution in [0.3, 0.4) is 0 Å². The van der Waals surface area contributed by atoms with E-state index in [1.807, 2.05) is 0 Å². The Labute approximate surface area is 68.7 Å². The van der Waals surface area contributed by atoms with Crippen molar-refractivity contribution in [2.24, 2.45) is 0 Å². The predicted octanol–water partition coefficient (Wildman–Crippen LogP) is -3.80. The number of hydrogen-bond acceptors (Lipinski definition) is 6. The van der Waals surface area contributed by atoms with Gasteiger partial charge in [0.15, 0.2) is 0 Å². The van der Waals surface area contributed by atoms with Crippen molar-refractivity contribution in [3.05, 3.63) is 0 Å². The Balaban J connectivity index is 3.91. The molecule has 0 fully saturated rings. The minimum Gasteiger partial charge on any atom is -0.550 e. The van der Waals surface area contributed by atoms with Crippen LogP contribution in [0.25, 0.3) is 0 Å². The maximum Gasteiger partial charge on any atom is 0.108 e. The zero-order valence-electron chi connectivity index (χ0n) is 6.25. The molecule has 0 bridgehead atoms. The number of carbonyl (C=O) groups excluding carboxylic acids is 1. The maximum absolute atomic E-state index is 9.90. The average molecular weight is 179 g/mol. The number of aliphatic hydroxyl groups excluding tert-OH is 4. The van der Waals surface area contributed by atoms with Crippen molar-refractivity contribution >= 4 is 5.97 Å². The zero-order chi connectivity index (χ0) is 9.72. The first-order valence-electron chi connectivity index (χ1n) is 3.34. The van der Waals surface area contributed by atoms with E-state index >= 15 is 0 Å². The van der Waals surface area contributed by atoms with E-state index in [4.69, 9.17) is 20.4 Å². The Morgan fingerprint density at radius 1 is 1.25 bits per heavy atom. The molecular formula is C6H11O6-. The first kappa shape index (κ1) is 11.3. The van der Waals surface area contributed by atoms with Crippen molar-refractivity contribution in [2.75, 3.05) is 6.61 Å². The van der Waals surface area contributed by atoms with Crippen molar-refractivity contribution in [3.8, 4) is 0 Å². The highest BCUT2D eigenvalue weighted by Crippen LogP contribution is 2.02. The number of carboxylic acids is 1. The van der Waals surface area contributed by atoms with Gasteiger partial charge in [-0.1, -0.05) is 0 Å². The van der Waals surface area contributed by atoms with Crippen molar-refractivity contribution in [1.29, 1.82) is 0 Å². The minimum atomic E-state index is -1.67. The summed E-state index contributed by atoms with van der Waals surface area (Å²) in [5, 5.41) is 44.7. The summed E-state index contributed by atoms with van der Waals surface area (Å²) in [6.07, 6.45) is -5.62. The summed E-state index contributed by atoms with van der Waals surface area (Å²) in [6, 6.07) is 0. The first-order valence-corrected chi connectivity index (χ1v) is 3.34. The van der Waals surface area contributed by atoms with E-state index in [9.17, 15) is 9.90 Å². The van der Waals surface area contributed by atoms with Gasteiger partial charge in [0.05, 0.1) is 12.7 Å². The van der Waals surface area contributed by atoms with Crippen LogP contribution in [0.1, 0.15) is 6.42 Å². The Morgan fingerprint density at radius 3 is 2.08 bits per heavy atom. The van der Waals surface area contributed by atoms with E-state index < -0.39 is 37.3 Å². The van der Waals surface area contributed by atoms with Gasteiger partial charge in [-0.05, 0) is 0 Å². The van der Waals surface area contributed by atoms with E-state index in [1.54, 1.807) is 0 Å². The van der Waals surface area contributed by atoms with Gasteiger partial charge in [0, 0.05) is 12.4 Å². The van der Waals surface area contributed by atoms with Gasteiger partial charge in [-0.3, -0.25) is 0 Å². The summed E-state index contributed by atoms with van der Waals surface area (Å²) in [7, 11) is 0. The molecule has 0 aromatic rings. The Kier molecular flexibility index (Phi) is 4.75. The summed E-state index contributed by atoms with van der Waals surface area (Å²) in [5.41, 5.74) is 0. The summed E-state index contributed by atoms with van der Waals surface area (Å²) >= 11 is 0. The Bertz CT molecular complexity index is 147. The highest BCUT2D eigenvalue weighted by Gasteiger charge is 2.23. The minimum absolute atomic E-state index is 0.745. The van der Waals surface area contributed by atoms with Crippen LogP contribution in [-0.4, -0.2) is 51.3 Å². The van der Waals surface area contributed by atoms with Gasteiger partial charge in [0.2, 0.25) is 0 Å². The molecule has 0 radical (unpaired) electrons. The van der Waals surface area contributed by atoms with E-state index in [0.717, 1.165) is 0 Å². The van der Waals surface area contributed by atoms with Crippen LogP contribution in [0.2, 0.25) is 0 Å².